The molecule has 2 amide bonds. The van der Waals surface area contributed by atoms with Gasteiger partial charge in [0.1, 0.15) is 5.60 Å². The zero-order chi connectivity index (χ0) is 16.3. The smallest absolute Gasteiger partial charge is 0.417 e. The second-order valence-electron chi connectivity index (χ2n) is 5.88. The van der Waals surface area contributed by atoms with E-state index >= 15 is 0 Å². The highest BCUT2D eigenvalue weighted by Crippen LogP contribution is 2.22. The van der Waals surface area contributed by atoms with E-state index in [1.54, 1.807) is 26.0 Å². The number of amides is 2. The molecule has 1 aromatic rings. The van der Waals surface area contributed by atoms with Crippen LogP contribution in [0.3, 0.4) is 0 Å². The molecule has 0 aromatic heterocycles. The zero-order valence-corrected chi connectivity index (χ0v) is 12.6. The Morgan fingerprint density at radius 2 is 2.00 bits per heavy atom. The molecule has 0 N–H and O–H groups in total. The number of imide groups is 1. The molecule has 1 aromatic carbocycles. The van der Waals surface area contributed by atoms with Gasteiger partial charge in [0.2, 0.25) is 5.91 Å². The first-order chi connectivity index (χ1) is 10.3. The Morgan fingerprint density at radius 3 is 2.50 bits per heavy atom. The minimum absolute atomic E-state index is 0.0150. The van der Waals surface area contributed by atoms with Crippen molar-refractivity contribution >= 4 is 17.7 Å². The van der Waals surface area contributed by atoms with Crippen LogP contribution in [0.5, 0.6) is 0 Å². The van der Waals surface area contributed by atoms with Crippen molar-refractivity contribution in [3.63, 3.8) is 0 Å². The maximum absolute atomic E-state index is 12.0. The summed E-state index contributed by atoms with van der Waals surface area (Å²) in [6.07, 6.45) is 0.808. The van der Waals surface area contributed by atoms with E-state index in [0.29, 0.717) is 25.8 Å². The lowest BCUT2D eigenvalue weighted by atomic mass is 9.98. The molecule has 0 unspecified atom stereocenters. The first-order valence-electron chi connectivity index (χ1n) is 7.05. The topological polar surface area (TPSA) is 89.8 Å². The summed E-state index contributed by atoms with van der Waals surface area (Å²) >= 11 is 0. The van der Waals surface area contributed by atoms with Gasteiger partial charge in [-0.05, 0) is 25.8 Å². The van der Waals surface area contributed by atoms with Gasteiger partial charge in [-0.25, -0.2) is 9.69 Å². The lowest BCUT2D eigenvalue weighted by Crippen LogP contribution is -2.39. The van der Waals surface area contributed by atoms with Crippen molar-refractivity contribution in [2.45, 2.75) is 38.7 Å². The Bertz CT molecular complexity index is 594. The molecule has 1 fully saturated rings. The monoisotopic (exact) mass is 306 g/mol. The average molecular weight is 306 g/mol. The van der Waals surface area contributed by atoms with Crippen molar-refractivity contribution in [3.05, 3.63) is 39.9 Å². The molecule has 1 heterocycles. The van der Waals surface area contributed by atoms with E-state index in [4.69, 9.17) is 4.74 Å². The quantitative estimate of drug-likeness (QED) is 0.630. The number of carbonyl (C=O) groups is 2. The highest BCUT2D eigenvalue weighted by atomic mass is 16.6. The van der Waals surface area contributed by atoms with Gasteiger partial charge in [0.05, 0.1) is 4.92 Å². The van der Waals surface area contributed by atoms with Crippen molar-refractivity contribution in [2.24, 2.45) is 0 Å². The third-order valence-corrected chi connectivity index (χ3v) is 3.43. The van der Waals surface area contributed by atoms with Crippen LogP contribution in [0, 0.1) is 10.1 Å². The molecule has 0 aliphatic carbocycles. The minimum Gasteiger partial charge on any atom is -0.443 e. The SMILES string of the molecule is CC(C)(Cc1ccc([N+](=O)[O-])cc1)OC(=O)N1CCCC1=O. The van der Waals surface area contributed by atoms with Crippen LogP contribution >= 0.6 is 0 Å². The molecule has 2 rings (SSSR count). The predicted octanol–water partition coefficient (Wildman–Crippen LogP) is 2.67. The number of hydrogen-bond donors (Lipinski definition) is 0. The van der Waals surface area contributed by atoms with E-state index in [2.05, 4.69) is 0 Å². The number of benzene rings is 1. The third-order valence-electron chi connectivity index (χ3n) is 3.43. The van der Waals surface area contributed by atoms with E-state index in [0.717, 1.165) is 10.5 Å². The minimum atomic E-state index is -0.809. The van der Waals surface area contributed by atoms with E-state index in [9.17, 15) is 19.7 Å². The Balaban J connectivity index is 1.99. The molecular formula is C15H18N2O5. The van der Waals surface area contributed by atoms with E-state index in [-0.39, 0.29) is 11.6 Å². The molecular weight excluding hydrogens is 288 g/mol. The van der Waals surface area contributed by atoms with Crippen LogP contribution < -0.4 is 0 Å². The van der Waals surface area contributed by atoms with Crippen LogP contribution in [0.2, 0.25) is 0 Å². The summed E-state index contributed by atoms with van der Waals surface area (Å²) in [7, 11) is 0. The number of non-ortho nitro benzene ring substituents is 1. The van der Waals surface area contributed by atoms with Crippen molar-refractivity contribution in [1.29, 1.82) is 0 Å². The Hall–Kier alpha value is -2.44. The number of carbonyl (C=O) groups excluding carboxylic acids is 2. The second-order valence-corrected chi connectivity index (χ2v) is 5.88. The average Bonchev–Trinajstić information content (AvgIpc) is 2.84. The van der Waals surface area contributed by atoms with Crippen LogP contribution in [0.15, 0.2) is 24.3 Å². The third kappa shape index (κ3) is 3.81. The standard InChI is InChI=1S/C15H18N2O5/c1-15(2,22-14(19)16-9-3-4-13(16)18)10-11-5-7-12(8-6-11)17(20)21/h5-8H,3-4,9-10H2,1-2H3. The van der Waals surface area contributed by atoms with Crippen molar-refractivity contribution in [3.8, 4) is 0 Å². The van der Waals surface area contributed by atoms with Crippen molar-refractivity contribution in [1.82, 2.24) is 4.90 Å². The predicted molar refractivity (Wildman–Crippen MR) is 78.3 cm³/mol. The number of hydrogen-bond acceptors (Lipinski definition) is 5. The van der Waals surface area contributed by atoms with Crippen molar-refractivity contribution < 1.29 is 19.2 Å². The van der Waals surface area contributed by atoms with Crippen LogP contribution in [-0.2, 0) is 16.0 Å². The highest BCUT2D eigenvalue weighted by molar-refractivity contribution is 5.93. The normalized spacial score (nSPS) is 15.0. The van der Waals surface area contributed by atoms with Gasteiger partial charge in [-0.15, -0.1) is 0 Å². The van der Waals surface area contributed by atoms with Gasteiger partial charge in [0.25, 0.3) is 5.69 Å². The van der Waals surface area contributed by atoms with Gasteiger partial charge in [-0.1, -0.05) is 12.1 Å². The second kappa shape index (κ2) is 6.13. The van der Waals surface area contributed by atoms with Gasteiger partial charge >= 0.3 is 6.09 Å². The van der Waals surface area contributed by atoms with E-state index < -0.39 is 16.6 Å². The summed E-state index contributed by atoms with van der Waals surface area (Å²) in [5, 5.41) is 10.6. The maximum atomic E-state index is 12.0. The van der Waals surface area contributed by atoms with Crippen LogP contribution in [-0.4, -0.2) is 34.0 Å². The molecule has 1 aliphatic heterocycles. The number of nitro groups is 1. The Morgan fingerprint density at radius 1 is 1.36 bits per heavy atom. The molecule has 7 heteroatoms. The number of nitro benzene ring substituents is 1. The van der Waals surface area contributed by atoms with E-state index in [1.807, 2.05) is 0 Å². The van der Waals surface area contributed by atoms with Gasteiger partial charge in [-0.2, -0.15) is 0 Å². The summed E-state index contributed by atoms with van der Waals surface area (Å²) in [4.78, 5) is 34.8. The van der Waals surface area contributed by atoms with Gasteiger partial charge in [0.15, 0.2) is 0 Å². The molecule has 1 aliphatic rings. The lowest BCUT2D eigenvalue weighted by molar-refractivity contribution is -0.384. The summed E-state index contributed by atoms with van der Waals surface area (Å²) in [6.45, 7) is 3.88. The van der Waals surface area contributed by atoms with Gasteiger partial charge < -0.3 is 4.74 Å². The summed E-state index contributed by atoms with van der Waals surface area (Å²) in [5.41, 5.74) is 0.0215. The number of likely N-dealkylation sites (tertiary alicyclic amines) is 1. The number of ether oxygens (including phenoxy) is 1. The van der Waals surface area contributed by atoms with E-state index in [1.165, 1.54) is 12.1 Å². The number of rotatable bonds is 4. The molecule has 7 nitrogen and oxygen atoms in total. The largest absolute Gasteiger partial charge is 0.443 e. The Labute approximate surface area is 128 Å². The summed E-state index contributed by atoms with van der Waals surface area (Å²) in [6, 6.07) is 6.10. The fourth-order valence-corrected chi connectivity index (χ4v) is 2.40. The summed E-state index contributed by atoms with van der Waals surface area (Å²) < 4.78 is 5.41. The molecule has 1 saturated heterocycles. The van der Waals surface area contributed by atoms with Gasteiger partial charge in [0, 0.05) is 31.5 Å². The highest BCUT2D eigenvalue weighted by Gasteiger charge is 2.32. The summed E-state index contributed by atoms with van der Waals surface area (Å²) in [5.74, 6) is -0.212. The molecule has 0 radical (unpaired) electrons. The van der Waals surface area contributed by atoms with Crippen LogP contribution in [0.25, 0.3) is 0 Å². The first kappa shape index (κ1) is 15.9. The molecule has 22 heavy (non-hydrogen) atoms. The fraction of sp³-hybridized carbons (Fsp3) is 0.467. The molecule has 0 saturated carbocycles. The van der Waals surface area contributed by atoms with Crippen LogP contribution in [0.4, 0.5) is 10.5 Å². The molecule has 0 atom stereocenters. The lowest BCUT2D eigenvalue weighted by Gasteiger charge is -2.27. The molecule has 0 spiro atoms. The maximum Gasteiger partial charge on any atom is 0.417 e. The molecule has 118 valence electrons. The van der Waals surface area contributed by atoms with Crippen molar-refractivity contribution in [2.75, 3.05) is 6.54 Å². The first-order valence-corrected chi connectivity index (χ1v) is 7.05. The molecule has 0 bridgehead atoms. The van der Waals surface area contributed by atoms with Crippen LogP contribution in [0.1, 0.15) is 32.3 Å². The zero-order valence-electron chi connectivity index (χ0n) is 12.6. The fourth-order valence-electron chi connectivity index (χ4n) is 2.40. The Kier molecular flexibility index (Phi) is 4.44. The van der Waals surface area contributed by atoms with Gasteiger partial charge in [-0.3, -0.25) is 14.9 Å². The number of nitrogens with zero attached hydrogens (tertiary/aromatic N) is 2.